The number of piperidine rings is 1. The normalized spacial score (nSPS) is 18.6. The molecule has 142 valence electrons. The Morgan fingerprint density at radius 1 is 1.04 bits per heavy atom. The first-order valence-electron chi connectivity index (χ1n) is 9.62. The second-order valence-electron chi connectivity index (χ2n) is 7.18. The number of nitrogens with zero attached hydrogens (tertiary/aromatic N) is 3. The van der Waals surface area contributed by atoms with Gasteiger partial charge in [0.15, 0.2) is 0 Å². The molecular weight excluding hydrogens is 406 g/mol. The lowest BCUT2D eigenvalue weighted by Crippen LogP contribution is -2.46. The highest BCUT2D eigenvalue weighted by Crippen LogP contribution is 2.27. The average Bonchev–Trinajstić information content (AvgIpc) is 3.25. The summed E-state index contributed by atoms with van der Waals surface area (Å²) in [5.41, 5.74) is 0.528. The molecular formula is C21H24BrN3O2. The monoisotopic (exact) mass is 429 g/mol. The number of hydrogen-bond donors (Lipinski definition) is 0. The van der Waals surface area contributed by atoms with Crippen molar-refractivity contribution in [1.82, 2.24) is 14.8 Å². The Kier molecular flexibility index (Phi) is 5.74. The molecule has 6 heteroatoms. The Morgan fingerprint density at radius 3 is 2.44 bits per heavy atom. The third-order valence-corrected chi connectivity index (χ3v) is 5.97. The number of amides is 1. The largest absolute Gasteiger partial charge is 0.438 e. The lowest BCUT2D eigenvalue weighted by Gasteiger charge is -2.36. The Bertz CT molecular complexity index is 782. The molecule has 0 radical (unpaired) electrons. The minimum atomic E-state index is 0.00934. The van der Waals surface area contributed by atoms with Gasteiger partial charge in [0.1, 0.15) is 11.3 Å². The van der Waals surface area contributed by atoms with Crippen LogP contribution in [0.15, 0.2) is 47.1 Å². The number of carbonyl (C=O) groups is 1. The highest BCUT2D eigenvalue weighted by Gasteiger charge is 2.29. The molecule has 1 aromatic heterocycles. The molecule has 2 aliphatic rings. The molecule has 2 saturated heterocycles. The minimum Gasteiger partial charge on any atom is -0.438 e. The maximum absolute atomic E-state index is 13.1. The van der Waals surface area contributed by atoms with Crippen molar-refractivity contribution in [1.29, 1.82) is 0 Å². The fourth-order valence-electron chi connectivity index (χ4n) is 3.96. The van der Waals surface area contributed by atoms with Gasteiger partial charge in [0.2, 0.25) is 5.88 Å². The van der Waals surface area contributed by atoms with E-state index in [0.717, 1.165) is 30.4 Å². The first-order chi connectivity index (χ1) is 13.2. The van der Waals surface area contributed by atoms with Gasteiger partial charge in [0, 0.05) is 29.8 Å². The molecule has 1 aromatic carbocycles. The summed E-state index contributed by atoms with van der Waals surface area (Å²) >= 11 is 3.41. The SMILES string of the molecule is O=C(c1cccnc1Oc1ccc(Br)cc1)N1CCC(N2CCCC2)CC1. The van der Waals surface area contributed by atoms with Crippen molar-refractivity contribution in [2.45, 2.75) is 31.7 Å². The summed E-state index contributed by atoms with van der Waals surface area (Å²) in [6.45, 7) is 4.03. The van der Waals surface area contributed by atoms with Gasteiger partial charge < -0.3 is 14.5 Å². The molecule has 1 amide bonds. The zero-order chi connectivity index (χ0) is 18.6. The molecule has 2 aliphatic heterocycles. The van der Waals surface area contributed by atoms with Crippen molar-refractivity contribution >= 4 is 21.8 Å². The number of hydrogen-bond acceptors (Lipinski definition) is 4. The van der Waals surface area contributed by atoms with Gasteiger partial charge in [-0.3, -0.25) is 4.79 Å². The number of carbonyl (C=O) groups excluding carboxylic acids is 1. The third-order valence-electron chi connectivity index (χ3n) is 5.44. The van der Waals surface area contributed by atoms with Gasteiger partial charge in [-0.25, -0.2) is 4.98 Å². The third kappa shape index (κ3) is 4.33. The van der Waals surface area contributed by atoms with Crippen LogP contribution in [-0.2, 0) is 0 Å². The molecule has 0 atom stereocenters. The molecule has 3 heterocycles. The fourth-order valence-corrected chi connectivity index (χ4v) is 4.22. The number of benzene rings is 1. The van der Waals surface area contributed by atoms with Gasteiger partial charge in [0.05, 0.1) is 0 Å². The van der Waals surface area contributed by atoms with E-state index < -0.39 is 0 Å². The summed E-state index contributed by atoms with van der Waals surface area (Å²) in [6, 6.07) is 11.7. The maximum Gasteiger partial charge on any atom is 0.259 e. The molecule has 0 aliphatic carbocycles. The summed E-state index contributed by atoms with van der Waals surface area (Å²) in [5, 5.41) is 0. The zero-order valence-corrected chi connectivity index (χ0v) is 16.9. The number of likely N-dealkylation sites (tertiary alicyclic amines) is 2. The molecule has 27 heavy (non-hydrogen) atoms. The van der Waals surface area contributed by atoms with Crippen LogP contribution in [0.25, 0.3) is 0 Å². The predicted octanol–water partition coefficient (Wildman–Crippen LogP) is 4.34. The topological polar surface area (TPSA) is 45.7 Å². The van der Waals surface area contributed by atoms with Crippen molar-refractivity contribution in [3.05, 3.63) is 52.6 Å². The van der Waals surface area contributed by atoms with Crippen LogP contribution >= 0.6 is 15.9 Å². The van der Waals surface area contributed by atoms with Crippen molar-refractivity contribution in [2.75, 3.05) is 26.2 Å². The van der Waals surface area contributed by atoms with Crippen molar-refractivity contribution in [2.24, 2.45) is 0 Å². The van der Waals surface area contributed by atoms with Crippen LogP contribution in [-0.4, -0.2) is 52.9 Å². The lowest BCUT2D eigenvalue weighted by atomic mass is 10.0. The molecule has 5 nitrogen and oxygen atoms in total. The minimum absolute atomic E-state index is 0.00934. The van der Waals surface area contributed by atoms with Crippen LogP contribution in [0.3, 0.4) is 0 Å². The van der Waals surface area contributed by atoms with E-state index in [9.17, 15) is 4.79 Å². The Hall–Kier alpha value is -1.92. The second kappa shape index (κ2) is 8.40. The number of ether oxygens (including phenoxy) is 1. The van der Waals surface area contributed by atoms with Gasteiger partial charge >= 0.3 is 0 Å². The van der Waals surface area contributed by atoms with E-state index in [4.69, 9.17) is 4.74 Å². The van der Waals surface area contributed by atoms with E-state index in [1.165, 1.54) is 25.9 Å². The van der Waals surface area contributed by atoms with Gasteiger partial charge in [0.25, 0.3) is 5.91 Å². The van der Waals surface area contributed by atoms with Gasteiger partial charge in [-0.1, -0.05) is 15.9 Å². The molecule has 4 rings (SSSR count). The smallest absolute Gasteiger partial charge is 0.259 e. The lowest BCUT2D eigenvalue weighted by molar-refractivity contribution is 0.0641. The van der Waals surface area contributed by atoms with E-state index >= 15 is 0 Å². The standard InChI is InChI=1S/C21H24BrN3O2/c22-16-5-7-18(8-6-16)27-20-19(4-3-11-23-20)21(26)25-14-9-17(10-15-25)24-12-1-2-13-24/h3-8,11,17H,1-2,9-10,12-15H2. The molecule has 0 bridgehead atoms. The highest BCUT2D eigenvalue weighted by atomic mass is 79.9. The predicted molar refractivity (Wildman–Crippen MR) is 108 cm³/mol. The summed E-state index contributed by atoms with van der Waals surface area (Å²) in [5.74, 6) is 1.04. The Balaban J connectivity index is 1.43. The molecule has 0 N–H and O–H groups in total. The Morgan fingerprint density at radius 2 is 1.74 bits per heavy atom. The summed E-state index contributed by atoms with van der Waals surface area (Å²) < 4.78 is 6.87. The van der Waals surface area contributed by atoms with E-state index in [2.05, 4.69) is 25.8 Å². The number of aromatic nitrogens is 1. The van der Waals surface area contributed by atoms with Crippen LogP contribution in [0.1, 0.15) is 36.0 Å². The Labute approximate surface area is 168 Å². The summed E-state index contributed by atoms with van der Waals surface area (Å²) in [6.07, 6.45) is 6.38. The number of pyridine rings is 1. The van der Waals surface area contributed by atoms with Crippen molar-refractivity contribution in [3.8, 4) is 11.6 Å². The van der Waals surface area contributed by atoms with E-state index in [0.29, 0.717) is 23.2 Å². The van der Waals surface area contributed by atoms with Crippen molar-refractivity contribution < 1.29 is 9.53 Å². The first kappa shape index (κ1) is 18.4. The first-order valence-corrected chi connectivity index (χ1v) is 10.4. The summed E-state index contributed by atoms with van der Waals surface area (Å²) in [7, 11) is 0. The van der Waals surface area contributed by atoms with Crippen LogP contribution < -0.4 is 4.74 Å². The van der Waals surface area contributed by atoms with Crippen LogP contribution in [0.2, 0.25) is 0 Å². The molecule has 0 unspecified atom stereocenters. The zero-order valence-electron chi connectivity index (χ0n) is 15.3. The number of halogens is 1. The maximum atomic E-state index is 13.1. The average molecular weight is 430 g/mol. The van der Waals surface area contributed by atoms with E-state index in [-0.39, 0.29) is 5.91 Å². The quantitative estimate of drug-likeness (QED) is 0.724. The highest BCUT2D eigenvalue weighted by molar-refractivity contribution is 9.10. The fraction of sp³-hybridized carbons (Fsp3) is 0.429. The molecule has 0 saturated carbocycles. The second-order valence-corrected chi connectivity index (χ2v) is 8.09. The van der Waals surface area contributed by atoms with Crippen LogP contribution in [0.4, 0.5) is 0 Å². The van der Waals surface area contributed by atoms with Crippen LogP contribution in [0, 0.1) is 0 Å². The molecule has 2 fully saturated rings. The van der Waals surface area contributed by atoms with Crippen molar-refractivity contribution in [3.63, 3.8) is 0 Å². The molecule has 0 spiro atoms. The van der Waals surface area contributed by atoms with E-state index in [1.54, 1.807) is 18.3 Å². The van der Waals surface area contributed by atoms with Crippen LogP contribution in [0.5, 0.6) is 11.6 Å². The molecule has 2 aromatic rings. The van der Waals surface area contributed by atoms with Gasteiger partial charge in [-0.2, -0.15) is 0 Å². The van der Waals surface area contributed by atoms with Gasteiger partial charge in [-0.05, 0) is 75.2 Å². The number of rotatable bonds is 4. The van der Waals surface area contributed by atoms with Gasteiger partial charge in [-0.15, -0.1) is 0 Å². The summed E-state index contributed by atoms with van der Waals surface area (Å²) in [4.78, 5) is 21.9. The van der Waals surface area contributed by atoms with E-state index in [1.807, 2.05) is 29.2 Å².